The predicted octanol–water partition coefficient (Wildman–Crippen LogP) is 4.97. The Balaban J connectivity index is 1.51. The second-order valence-electron chi connectivity index (χ2n) is 9.60. The number of aromatic nitrogens is 2. The Hall–Kier alpha value is -4.53. The largest absolute Gasteiger partial charge is 0.366 e. The number of carbonyl (C=O) groups excluding carboxylic acids is 3. The number of rotatable bonds is 6. The van der Waals surface area contributed by atoms with E-state index in [-0.39, 0.29) is 34.8 Å². The van der Waals surface area contributed by atoms with Crippen LogP contribution in [0.2, 0.25) is 0 Å². The molecule has 0 saturated carbocycles. The van der Waals surface area contributed by atoms with Gasteiger partial charge in [-0.2, -0.15) is 0 Å². The third-order valence-corrected chi connectivity index (χ3v) is 7.09. The van der Waals surface area contributed by atoms with E-state index in [2.05, 4.69) is 17.2 Å². The van der Waals surface area contributed by atoms with E-state index in [1.165, 1.54) is 24.4 Å². The van der Waals surface area contributed by atoms with Gasteiger partial charge in [-0.05, 0) is 62.2 Å². The van der Waals surface area contributed by atoms with Crippen LogP contribution in [0.1, 0.15) is 48.0 Å². The minimum Gasteiger partial charge on any atom is -0.366 e. The highest BCUT2D eigenvalue weighted by atomic mass is 19.1. The molecule has 38 heavy (non-hydrogen) atoms. The van der Waals surface area contributed by atoms with Crippen LogP contribution >= 0.6 is 0 Å². The number of pyridine rings is 1. The number of nitrogens with two attached hydrogens (primary N) is 1. The summed E-state index contributed by atoms with van der Waals surface area (Å²) >= 11 is 0. The molecule has 194 valence electrons. The number of carbonyl (C=O) groups is 3. The molecule has 3 heterocycles. The van der Waals surface area contributed by atoms with E-state index < -0.39 is 17.6 Å². The molecule has 9 heteroatoms. The first kappa shape index (κ1) is 25.1. The van der Waals surface area contributed by atoms with Crippen molar-refractivity contribution in [3.05, 3.63) is 77.9 Å². The molecule has 2 atom stereocenters. The van der Waals surface area contributed by atoms with Gasteiger partial charge in [0.2, 0.25) is 5.91 Å². The van der Waals surface area contributed by atoms with E-state index in [0.29, 0.717) is 12.1 Å². The van der Waals surface area contributed by atoms with E-state index in [0.717, 1.165) is 28.8 Å². The molecule has 1 aliphatic heterocycles. The van der Waals surface area contributed by atoms with Crippen molar-refractivity contribution in [2.45, 2.75) is 39.8 Å². The Morgan fingerprint density at radius 2 is 1.87 bits per heavy atom. The Labute approximate surface area is 219 Å². The number of fused-ring (bicyclic) bond motifs is 1. The van der Waals surface area contributed by atoms with Crippen LogP contribution in [-0.4, -0.2) is 33.3 Å². The van der Waals surface area contributed by atoms with Gasteiger partial charge >= 0.3 is 0 Å². The average molecular weight is 514 g/mol. The minimum absolute atomic E-state index is 0.0103. The summed E-state index contributed by atoms with van der Waals surface area (Å²) in [5.41, 5.74) is 8.16. The Morgan fingerprint density at radius 1 is 1.13 bits per heavy atom. The SMILES string of the molecule is CCn1c(-c2ccc(N3C(=O)C(C)CC3C)cc2)cc2ccnc(C(=O)Nc3cccc(C(N)=O)c3F)c21. The van der Waals surface area contributed by atoms with Crippen molar-refractivity contribution in [1.82, 2.24) is 9.55 Å². The first-order valence-corrected chi connectivity index (χ1v) is 12.5. The number of nitrogens with one attached hydrogen (secondary N) is 1. The zero-order valence-corrected chi connectivity index (χ0v) is 21.4. The average Bonchev–Trinajstić information content (AvgIpc) is 3.40. The highest BCUT2D eigenvalue weighted by Crippen LogP contribution is 2.34. The number of nitrogens with zero attached hydrogens (tertiary/aromatic N) is 3. The van der Waals surface area contributed by atoms with Gasteiger partial charge in [-0.3, -0.25) is 14.4 Å². The van der Waals surface area contributed by atoms with Crippen LogP contribution in [0.3, 0.4) is 0 Å². The van der Waals surface area contributed by atoms with Gasteiger partial charge in [-0.1, -0.05) is 25.1 Å². The second-order valence-corrected chi connectivity index (χ2v) is 9.60. The molecule has 3 amide bonds. The Kier molecular flexibility index (Phi) is 6.44. The summed E-state index contributed by atoms with van der Waals surface area (Å²) in [5.74, 6) is -2.29. The molecule has 3 N–H and O–H groups in total. The lowest BCUT2D eigenvalue weighted by Gasteiger charge is -2.22. The fourth-order valence-electron chi connectivity index (χ4n) is 5.30. The molecule has 5 rings (SSSR count). The molecule has 0 bridgehead atoms. The first-order valence-electron chi connectivity index (χ1n) is 12.5. The number of benzene rings is 2. The van der Waals surface area contributed by atoms with Crippen molar-refractivity contribution >= 4 is 40.0 Å². The third kappa shape index (κ3) is 4.19. The van der Waals surface area contributed by atoms with Crippen LogP contribution in [0.25, 0.3) is 22.2 Å². The Morgan fingerprint density at radius 3 is 2.50 bits per heavy atom. The summed E-state index contributed by atoms with van der Waals surface area (Å²) in [6, 6.07) is 15.8. The van der Waals surface area contributed by atoms with Crippen LogP contribution < -0.4 is 16.0 Å². The number of anilines is 2. The van der Waals surface area contributed by atoms with Crippen molar-refractivity contribution in [2.75, 3.05) is 10.2 Å². The number of aryl methyl sites for hydroxylation is 1. The summed E-state index contributed by atoms with van der Waals surface area (Å²) < 4.78 is 16.7. The lowest BCUT2D eigenvalue weighted by atomic mass is 10.1. The summed E-state index contributed by atoms with van der Waals surface area (Å²) in [7, 11) is 0. The monoisotopic (exact) mass is 513 g/mol. The molecular formula is C29H28FN5O3. The van der Waals surface area contributed by atoms with Gasteiger partial charge in [-0.25, -0.2) is 9.37 Å². The maximum absolute atomic E-state index is 14.7. The van der Waals surface area contributed by atoms with Crippen LogP contribution in [0.5, 0.6) is 0 Å². The quantitative estimate of drug-likeness (QED) is 0.379. The highest BCUT2D eigenvalue weighted by molar-refractivity contribution is 6.11. The number of halogens is 1. The minimum atomic E-state index is -0.924. The van der Waals surface area contributed by atoms with E-state index in [4.69, 9.17) is 5.73 Å². The highest BCUT2D eigenvalue weighted by Gasteiger charge is 2.35. The van der Waals surface area contributed by atoms with Gasteiger partial charge in [-0.15, -0.1) is 0 Å². The molecule has 0 radical (unpaired) electrons. The normalized spacial score (nSPS) is 17.3. The predicted molar refractivity (Wildman–Crippen MR) is 144 cm³/mol. The topological polar surface area (TPSA) is 110 Å². The Bertz CT molecular complexity index is 1580. The molecule has 1 saturated heterocycles. The zero-order valence-electron chi connectivity index (χ0n) is 21.4. The zero-order chi connectivity index (χ0) is 27.1. The molecular weight excluding hydrogens is 485 g/mol. The molecule has 0 aliphatic carbocycles. The lowest BCUT2D eigenvalue weighted by molar-refractivity contribution is -0.120. The van der Waals surface area contributed by atoms with Gasteiger partial charge in [0.25, 0.3) is 11.8 Å². The van der Waals surface area contributed by atoms with Gasteiger partial charge in [0.1, 0.15) is 0 Å². The van der Waals surface area contributed by atoms with Gasteiger partial charge < -0.3 is 20.5 Å². The molecule has 0 spiro atoms. The fourth-order valence-corrected chi connectivity index (χ4v) is 5.30. The smallest absolute Gasteiger partial charge is 0.276 e. The molecule has 8 nitrogen and oxygen atoms in total. The van der Waals surface area contributed by atoms with Gasteiger partial charge in [0.05, 0.1) is 16.8 Å². The number of hydrogen-bond acceptors (Lipinski definition) is 4. The number of primary amides is 1. The lowest BCUT2D eigenvalue weighted by Crippen LogP contribution is -2.31. The number of amides is 3. The standard InChI is InChI=1S/C29H28FN5O3/c1-4-34-23(18-8-10-20(11-9-18)35-17(3)14-16(2)29(35)38)15-19-12-13-32-25(26(19)34)28(37)33-22-7-5-6-21(24(22)30)27(31)36/h5-13,15-17H,4,14H2,1-3H3,(H2,31,36)(H,33,37). The van der Waals surface area contributed by atoms with Crippen molar-refractivity contribution in [2.24, 2.45) is 11.7 Å². The molecule has 4 aromatic rings. The van der Waals surface area contributed by atoms with Crippen molar-refractivity contribution < 1.29 is 18.8 Å². The third-order valence-electron chi connectivity index (χ3n) is 7.09. The van der Waals surface area contributed by atoms with Crippen molar-refractivity contribution in [3.8, 4) is 11.3 Å². The number of hydrogen-bond donors (Lipinski definition) is 2. The summed E-state index contributed by atoms with van der Waals surface area (Å²) in [5, 5.41) is 3.33. The van der Waals surface area contributed by atoms with E-state index in [1.54, 1.807) is 0 Å². The maximum atomic E-state index is 14.7. The summed E-state index contributed by atoms with van der Waals surface area (Å²) in [6.07, 6.45) is 2.36. The summed E-state index contributed by atoms with van der Waals surface area (Å²) in [6.45, 7) is 6.53. The van der Waals surface area contributed by atoms with Crippen LogP contribution in [0.15, 0.2) is 60.8 Å². The molecule has 2 aromatic carbocycles. The van der Waals surface area contributed by atoms with Crippen LogP contribution in [0, 0.1) is 11.7 Å². The second kappa shape index (κ2) is 9.74. The molecule has 2 unspecified atom stereocenters. The molecule has 1 aliphatic rings. The van der Waals surface area contributed by atoms with Crippen molar-refractivity contribution in [3.63, 3.8) is 0 Å². The van der Waals surface area contributed by atoms with Gasteiger partial charge in [0.15, 0.2) is 11.5 Å². The van der Waals surface area contributed by atoms with Crippen LogP contribution in [-0.2, 0) is 11.3 Å². The first-order chi connectivity index (χ1) is 18.2. The van der Waals surface area contributed by atoms with Crippen molar-refractivity contribution in [1.29, 1.82) is 0 Å². The van der Waals surface area contributed by atoms with Gasteiger partial charge in [0, 0.05) is 41.5 Å². The van der Waals surface area contributed by atoms with E-state index in [1.807, 2.05) is 59.7 Å². The fraction of sp³-hybridized carbons (Fsp3) is 0.241. The van der Waals surface area contributed by atoms with E-state index in [9.17, 15) is 18.8 Å². The maximum Gasteiger partial charge on any atom is 0.276 e. The molecule has 2 aromatic heterocycles. The summed E-state index contributed by atoms with van der Waals surface area (Å²) in [4.78, 5) is 43.5. The molecule has 1 fully saturated rings. The van der Waals surface area contributed by atoms with Crippen LogP contribution in [0.4, 0.5) is 15.8 Å². The van der Waals surface area contributed by atoms with E-state index >= 15 is 0 Å².